The van der Waals surface area contributed by atoms with Gasteiger partial charge in [0.25, 0.3) is 5.91 Å². The van der Waals surface area contributed by atoms with E-state index in [0.717, 1.165) is 0 Å². The van der Waals surface area contributed by atoms with E-state index in [9.17, 15) is 13.2 Å². The molecule has 0 spiro atoms. The topological polar surface area (TPSA) is 90.7 Å². The predicted molar refractivity (Wildman–Crippen MR) is 93.5 cm³/mol. The Morgan fingerprint density at radius 1 is 1.32 bits per heavy atom. The number of piperidine rings is 1. The Hall–Kier alpha value is -2.11. The number of benzene rings is 1. The Kier molecular flexibility index (Phi) is 6.03. The van der Waals surface area contributed by atoms with Crippen LogP contribution in [0.3, 0.4) is 0 Å². The molecule has 1 aromatic carbocycles. The zero-order valence-electron chi connectivity index (χ0n) is 14.7. The van der Waals surface area contributed by atoms with Crippen molar-refractivity contribution in [2.45, 2.75) is 31.9 Å². The molecule has 1 fully saturated rings. The molecule has 0 aliphatic carbocycles. The van der Waals surface area contributed by atoms with E-state index in [4.69, 9.17) is 10.00 Å². The number of hydrogen-bond donors (Lipinski definition) is 0. The van der Waals surface area contributed by atoms with Crippen LogP contribution >= 0.6 is 0 Å². The Morgan fingerprint density at radius 2 is 1.88 bits per heavy atom. The largest absolute Gasteiger partial charge is 0.481 e. The number of carbonyl (C=O) groups is 1. The van der Waals surface area contributed by atoms with Gasteiger partial charge in [0.05, 0.1) is 17.9 Å². The van der Waals surface area contributed by atoms with Crippen molar-refractivity contribution in [3.63, 3.8) is 0 Å². The maximum absolute atomic E-state index is 12.5. The van der Waals surface area contributed by atoms with Crippen molar-refractivity contribution in [2.24, 2.45) is 0 Å². The fourth-order valence-corrected chi connectivity index (χ4v) is 3.59. The molecule has 0 aromatic heterocycles. The van der Waals surface area contributed by atoms with Crippen molar-refractivity contribution in [1.82, 2.24) is 9.21 Å². The Balaban J connectivity index is 1.90. The van der Waals surface area contributed by atoms with Gasteiger partial charge in [-0.25, -0.2) is 12.7 Å². The van der Waals surface area contributed by atoms with Crippen molar-refractivity contribution in [3.05, 3.63) is 29.8 Å². The van der Waals surface area contributed by atoms with Crippen molar-refractivity contribution >= 4 is 15.9 Å². The van der Waals surface area contributed by atoms with Gasteiger partial charge >= 0.3 is 0 Å². The van der Waals surface area contributed by atoms with Crippen LogP contribution in [0, 0.1) is 11.3 Å². The summed E-state index contributed by atoms with van der Waals surface area (Å²) in [6, 6.07) is 8.55. The number of nitrogens with zero attached hydrogens (tertiary/aromatic N) is 3. The number of amides is 1. The van der Waals surface area contributed by atoms with E-state index in [1.807, 2.05) is 6.07 Å². The summed E-state index contributed by atoms with van der Waals surface area (Å²) in [4.78, 5) is 14.2. The smallest absolute Gasteiger partial charge is 0.263 e. The van der Waals surface area contributed by atoms with E-state index in [1.165, 1.54) is 10.6 Å². The second-order valence-electron chi connectivity index (χ2n) is 6.23. The number of nitriles is 1. The molecule has 2 rings (SSSR count). The lowest BCUT2D eigenvalue weighted by Gasteiger charge is -2.36. The standard InChI is InChI=1S/C17H23N3O4S/c1-13(24-16-6-4-14(12-18)5-7-16)17(21)20-10-8-15(9-11-20)19(2)25(3,22)23/h4-7,13,15H,8-11H2,1-3H3/t13-/m0/s1. The summed E-state index contributed by atoms with van der Waals surface area (Å²) in [6.07, 6.45) is 1.77. The zero-order valence-corrected chi connectivity index (χ0v) is 15.5. The molecule has 136 valence electrons. The summed E-state index contributed by atoms with van der Waals surface area (Å²) in [5.74, 6) is 0.413. The summed E-state index contributed by atoms with van der Waals surface area (Å²) in [5, 5.41) is 8.79. The molecule has 8 heteroatoms. The highest BCUT2D eigenvalue weighted by Gasteiger charge is 2.31. The average molecular weight is 365 g/mol. The second-order valence-corrected chi connectivity index (χ2v) is 8.27. The van der Waals surface area contributed by atoms with Gasteiger partial charge in [0, 0.05) is 26.2 Å². The molecule has 1 aliphatic heterocycles. The van der Waals surface area contributed by atoms with Gasteiger partial charge < -0.3 is 9.64 Å². The summed E-state index contributed by atoms with van der Waals surface area (Å²) >= 11 is 0. The van der Waals surface area contributed by atoms with Crippen molar-refractivity contribution < 1.29 is 17.9 Å². The molecule has 1 saturated heterocycles. The fraction of sp³-hybridized carbons (Fsp3) is 0.529. The van der Waals surface area contributed by atoms with Gasteiger partial charge in [-0.3, -0.25) is 4.79 Å². The van der Waals surface area contributed by atoms with Gasteiger partial charge in [-0.05, 0) is 44.0 Å². The molecule has 0 radical (unpaired) electrons. The first-order valence-electron chi connectivity index (χ1n) is 8.11. The van der Waals surface area contributed by atoms with E-state index in [0.29, 0.717) is 37.2 Å². The van der Waals surface area contributed by atoms with Gasteiger partial charge in [-0.15, -0.1) is 0 Å². The second kappa shape index (κ2) is 7.85. The molecular formula is C17H23N3O4S. The highest BCUT2D eigenvalue weighted by atomic mass is 32.2. The van der Waals surface area contributed by atoms with Crippen LogP contribution in [0.5, 0.6) is 5.75 Å². The minimum atomic E-state index is -3.22. The first kappa shape index (κ1) is 19.2. The third-order valence-electron chi connectivity index (χ3n) is 4.46. The number of likely N-dealkylation sites (tertiary alicyclic amines) is 1. The molecule has 1 heterocycles. The fourth-order valence-electron chi connectivity index (χ4n) is 2.84. The van der Waals surface area contributed by atoms with Gasteiger partial charge in [0.1, 0.15) is 5.75 Å². The average Bonchev–Trinajstić information content (AvgIpc) is 2.60. The van der Waals surface area contributed by atoms with E-state index < -0.39 is 16.1 Å². The predicted octanol–water partition coefficient (Wildman–Crippen LogP) is 1.21. The van der Waals surface area contributed by atoms with Crippen LogP contribution in [0.4, 0.5) is 0 Å². The van der Waals surface area contributed by atoms with Gasteiger partial charge in [0.15, 0.2) is 6.10 Å². The van der Waals surface area contributed by atoms with Crippen molar-refractivity contribution in [2.75, 3.05) is 26.4 Å². The molecule has 1 amide bonds. The molecule has 0 N–H and O–H groups in total. The first-order chi connectivity index (χ1) is 11.7. The molecule has 7 nitrogen and oxygen atoms in total. The summed E-state index contributed by atoms with van der Waals surface area (Å²) in [7, 11) is -1.64. The van der Waals surface area contributed by atoms with E-state index in [1.54, 1.807) is 43.1 Å². The maximum Gasteiger partial charge on any atom is 0.263 e. The van der Waals surface area contributed by atoms with Gasteiger partial charge in [0.2, 0.25) is 10.0 Å². The van der Waals surface area contributed by atoms with E-state index in [2.05, 4.69) is 0 Å². The van der Waals surface area contributed by atoms with Gasteiger partial charge in [-0.1, -0.05) is 0 Å². The third kappa shape index (κ3) is 4.94. The molecule has 1 atom stereocenters. The number of sulfonamides is 1. The normalized spacial score (nSPS) is 17.2. The van der Waals surface area contributed by atoms with Crippen LogP contribution < -0.4 is 4.74 Å². The lowest BCUT2D eigenvalue weighted by Crippen LogP contribution is -2.49. The van der Waals surface area contributed by atoms with Crippen LogP contribution in [0.1, 0.15) is 25.3 Å². The van der Waals surface area contributed by atoms with Crippen LogP contribution in [-0.2, 0) is 14.8 Å². The molecule has 25 heavy (non-hydrogen) atoms. The SMILES string of the molecule is C[C@H](Oc1ccc(C#N)cc1)C(=O)N1CCC(N(C)S(C)(=O)=O)CC1. The maximum atomic E-state index is 12.5. The number of carbonyl (C=O) groups excluding carboxylic acids is 1. The number of rotatable bonds is 5. The van der Waals surface area contributed by atoms with Crippen molar-refractivity contribution in [1.29, 1.82) is 5.26 Å². The third-order valence-corrected chi connectivity index (χ3v) is 5.80. The molecule has 0 bridgehead atoms. The van der Waals surface area contributed by atoms with E-state index in [-0.39, 0.29) is 11.9 Å². The first-order valence-corrected chi connectivity index (χ1v) is 9.96. The minimum absolute atomic E-state index is 0.0752. The highest BCUT2D eigenvalue weighted by Crippen LogP contribution is 2.20. The van der Waals surface area contributed by atoms with Crippen LogP contribution in [0.15, 0.2) is 24.3 Å². The van der Waals surface area contributed by atoms with Crippen LogP contribution in [-0.4, -0.2) is 62.1 Å². The number of ether oxygens (including phenoxy) is 1. The Morgan fingerprint density at radius 3 is 2.36 bits per heavy atom. The van der Waals surface area contributed by atoms with Crippen LogP contribution in [0.25, 0.3) is 0 Å². The Labute approximate surface area is 148 Å². The molecule has 0 saturated carbocycles. The molecule has 1 aromatic rings. The van der Waals surface area contributed by atoms with Crippen LogP contribution in [0.2, 0.25) is 0 Å². The monoisotopic (exact) mass is 365 g/mol. The molecule has 0 unspecified atom stereocenters. The molecular weight excluding hydrogens is 342 g/mol. The minimum Gasteiger partial charge on any atom is -0.481 e. The summed E-state index contributed by atoms with van der Waals surface area (Å²) < 4.78 is 30.2. The summed E-state index contributed by atoms with van der Waals surface area (Å²) in [5.41, 5.74) is 0.531. The lowest BCUT2D eigenvalue weighted by atomic mass is 10.0. The quantitative estimate of drug-likeness (QED) is 0.782. The number of hydrogen-bond acceptors (Lipinski definition) is 5. The van der Waals surface area contributed by atoms with Gasteiger partial charge in [-0.2, -0.15) is 5.26 Å². The Bertz CT molecular complexity index is 747. The lowest BCUT2D eigenvalue weighted by molar-refractivity contribution is -0.139. The highest BCUT2D eigenvalue weighted by molar-refractivity contribution is 7.88. The zero-order chi connectivity index (χ0) is 18.6. The molecule has 1 aliphatic rings. The summed E-state index contributed by atoms with van der Waals surface area (Å²) in [6.45, 7) is 2.70. The van der Waals surface area contributed by atoms with Crippen molar-refractivity contribution in [3.8, 4) is 11.8 Å². The van der Waals surface area contributed by atoms with E-state index >= 15 is 0 Å².